The van der Waals surface area contributed by atoms with Crippen LogP contribution in [0.1, 0.15) is 17.4 Å². The highest BCUT2D eigenvalue weighted by molar-refractivity contribution is 7.10. The fourth-order valence-electron chi connectivity index (χ4n) is 1.95. The topological polar surface area (TPSA) is 22.4 Å². The summed E-state index contributed by atoms with van der Waals surface area (Å²) >= 11 is 1.69. The normalized spacial score (nSPS) is 12.7. The Kier molecular flexibility index (Phi) is 3.07. The number of furan rings is 1. The SMILES string of the molecule is [CH2]CC(Oc1cccc2ccoc12)c1cccs1. The fraction of sp³-hybridized carbons (Fsp3) is 0.133. The van der Waals surface area contributed by atoms with Gasteiger partial charge in [-0.1, -0.05) is 18.2 Å². The van der Waals surface area contributed by atoms with Gasteiger partial charge >= 0.3 is 0 Å². The lowest BCUT2D eigenvalue weighted by Gasteiger charge is -2.16. The molecule has 0 saturated carbocycles. The monoisotopic (exact) mass is 257 g/mol. The van der Waals surface area contributed by atoms with Crippen LogP contribution >= 0.6 is 11.3 Å². The second-order valence-corrected chi connectivity index (χ2v) is 4.98. The quantitative estimate of drug-likeness (QED) is 0.667. The minimum atomic E-state index is -0.0132. The van der Waals surface area contributed by atoms with Crippen LogP contribution in [-0.2, 0) is 0 Å². The molecule has 91 valence electrons. The summed E-state index contributed by atoms with van der Waals surface area (Å²) in [5.41, 5.74) is 0.799. The van der Waals surface area contributed by atoms with Gasteiger partial charge in [-0.25, -0.2) is 0 Å². The first-order chi connectivity index (χ1) is 8.88. The standard InChI is InChI=1S/C15H13O2S/c1-2-12(14-7-4-10-18-14)17-13-6-3-5-11-8-9-16-15(11)13/h3-10,12H,1-2H2. The Morgan fingerprint density at radius 3 is 2.94 bits per heavy atom. The number of fused-ring (bicyclic) bond motifs is 1. The van der Waals surface area contributed by atoms with Crippen LogP contribution in [-0.4, -0.2) is 0 Å². The summed E-state index contributed by atoms with van der Waals surface area (Å²) in [6.45, 7) is 3.96. The second kappa shape index (κ2) is 4.86. The van der Waals surface area contributed by atoms with E-state index in [1.54, 1.807) is 17.6 Å². The average molecular weight is 257 g/mol. The summed E-state index contributed by atoms with van der Waals surface area (Å²) in [4.78, 5) is 1.19. The van der Waals surface area contributed by atoms with Crippen molar-refractivity contribution in [2.45, 2.75) is 12.5 Å². The predicted octanol–water partition coefficient (Wildman–Crippen LogP) is 4.84. The highest BCUT2D eigenvalue weighted by Gasteiger charge is 2.14. The lowest BCUT2D eigenvalue weighted by Crippen LogP contribution is -2.04. The molecule has 3 heteroatoms. The van der Waals surface area contributed by atoms with Gasteiger partial charge in [0.2, 0.25) is 0 Å². The molecule has 1 unspecified atom stereocenters. The number of rotatable bonds is 4. The van der Waals surface area contributed by atoms with E-state index in [0.29, 0.717) is 6.42 Å². The van der Waals surface area contributed by atoms with Gasteiger partial charge in [0.25, 0.3) is 0 Å². The Morgan fingerprint density at radius 2 is 2.17 bits per heavy atom. The van der Waals surface area contributed by atoms with E-state index < -0.39 is 0 Å². The summed E-state index contributed by atoms with van der Waals surface area (Å²) < 4.78 is 11.5. The molecule has 0 fully saturated rings. The lowest BCUT2D eigenvalue weighted by molar-refractivity contribution is 0.212. The molecular formula is C15H13O2S. The van der Waals surface area contributed by atoms with Crippen LogP contribution in [0.25, 0.3) is 11.0 Å². The predicted molar refractivity (Wildman–Crippen MR) is 73.9 cm³/mol. The summed E-state index contributed by atoms with van der Waals surface area (Å²) in [5.74, 6) is 0.777. The van der Waals surface area contributed by atoms with E-state index in [1.807, 2.05) is 30.3 Å². The third-order valence-electron chi connectivity index (χ3n) is 2.83. The lowest BCUT2D eigenvalue weighted by atomic mass is 10.2. The second-order valence-electron chi connectivity index (χ2n) is 4.01. The third kappa shape index (κ3) is 2.02. The third-order valence-corrected chi connectivity index (χ3v) is 3.80. The van der Waals surface area contributed by atoms with Crippen LogP contribution in [0.2, 0.25) is 0 Å². The van der Waals surface area contributed by atoms with Crippen LogP contribution in [0.15, 0.2) is 52.5 Å². The molecule has 2 aromatic heterocycles. The van der Waals surface area contributed by atoms with Crippen LogP contribution in [0, 0.1) is 6.92 Å². The zero-order valence-electron chi connectivity index (χ0n) is 9.84. The van der Waals surface area contributed by atoms with Crippen LogP contribution in [0.3, 0.4) is 0 Å². The number of ether oxygens (including phenoxy) is 1. The molecule has 1 atom stereocenters. The smallest absolute Gasteiger partial charge is 0.175 e. The minimum Gasteiger partial charge on any atom is -0.481 e. The van der Waals surface area contributed by atoms with Gasteiger partial charge < -0.3 is 9.15 Å². The highest BCUT2D eigenvalue weighted by atomic mass is 32.1. The minimum absolute atomic E-state index is 0.0132. The number of para-hydroxylation sites is 1. The average Bonchev–Trinajstić information content (AvgIpc) is 3.06. The van der Waals surface area contributed by atoms with Gasteiger partial charge in [-0.05, 0) is 36.9 Å². The number of hydrogen-bond acceptors (Lipinski definition) is 3. The van der Waals surface area contributed by atoms with Gasteiger partial charge in [0, 0.05) is 10.3 Å². The molecule has 0 N–H and O–H groups in total. The van der Waals surface area contributed by atoms with Gasteiger partial charge in [0.1, 0.15) is 6.10 Å². The Bertz CT molecular complexity index is 625. The molecule has 0 amide bonds. The van der Waals surface area contributed by atoms with Crippen molar-refractivity contribution in [3.8, 4) is 5.75 Å². The first-order valence-corrected chi connectivity index (χ1v) is 6.72. The zero-order valence-corrected chi connectivity index (χ0v) is 10.7. The fourth-order valence-corrected chi connectivity index (χ4v) is 2.73. The van der Waals surface area contributed by atoms with E-state index in [2.05, 4.69) is 18.4 Å². The molecule has 0 aliphatic heterocycles. The van der Waals surface area contributed by atoms with Gasteiger partial charge in [0.05, 0.1) is 6.26 Å². The van der Waals surface area contributed by atoms with Crippen molar-refractivity contribution < 1.29 is 9.15 Å². The van der Waals surface area contributed by atoms with E-state index >= 15 is 0 Å². The van der Waals surface area contributed by atoms with Crippen LogP contribution in [0.4, 0.5) is 0 Å². The van der Waals surface area contributed by atoms with Crippen molar-refractivity contribution in [3.63, 3.8) is 0 Å². The molecule has 3 rings (SSSR count). The Balaban J connectivity index is 1.93. The maximum atomic E-state index is 6.03. The molecular weight excluding hydrogens is 244 g/mol. The van der Waals surface area contributed by atoms with Crippen molar-refractivity contribution in [1.29, 1.82) is 0 Å². The molecule has 18 heavy (non-hydrogen) atoms. The van der Waals surface area contributed by atoms with Gasteiger partial charge in [-0.2, -0.15) is 0 Å². The summed E-state index contributed by atoms with van der Waals surface area (Å²) in [5, 5.41) is 3.11. The molecule has 1 radical (unpaired) electrons. The summed E-state index contributed by atoms with van der Waals surface area (Å²) in [6, 6.07) is 12.0. The largest absolute Gasteiger partial charge is 0.481 e. The number of benzene rings is 1. The molecule has 0 spiro atoms. The summed E-state index contributed by atoms with van der Waals surface area (Å²) in [6.07, 6.45) is 2.36. The molecule has 1 aromatic carbocycles. The maximum Gasteiger partial charge on any atom is 0.175 e. The zero-order chi connectivity index (χ0) is 12.4. The van der Waals surface area contributed by atoms with E-state index in [9.17, 15) is 0 Å². The van der Waals surface area contributed by atoms with Crippen LogP contribution < -0.4 is 4.74 Å². The van der Waals surface area contributed by atoms with Crippen molar-refractivity contribution in [1.82, 2.24) is 0 Å². The Morgan fingerprint density at radius 1 is 1.22 bits per heavy atom. The molecule has 3 aromatic rings. The first-order valence-electron chi connectivity index (χ1n) is 5.84. The Hall–Kier alpha value is -1.74. The van der Waals surface area contributed by atoms with Crippen LogP contribution in [0.5, 0.6) is 5.75 Å². The molecule has 2 nitrogen and oxygen atoms in total. The van der Waals surface area contributed by atoms with Gasteiger partial charge in [-0.3, -0.25) is 0 Å². The van der Waals surface area contributed by atoms with Crippen molar-refractivity contribution in [2.75, 3.05) is 0 Å². The van der Waals surface area contributed by atoms with Crippen molar-refractivity contribution >= 4 is 22.3 Å². The van der Waals surface area contributed by atoms with E-state index in [1.165, 1.54) is 4.88 Å². The van der Waals surface area contributed by atoms with E-state index in [0.717, 1.165) is 16.7 Å². The molecule has 2 heterocycles. The molecule has 0 aliphatic rings. The van der Waals surface area contributed by atoms with E-state index in [4.69, 9.17) is 9.15 Å². The van der Waals surface area contributed by atoms with E-state index in [-0.39, 0.29) is 6.10 Å². The summed E-state index contributed by atoms with van der Waals surface area (Å²) in [7, 11) is 0. The molecule has 0 bridgehead atoms. The Labute approximate surface area is 110 Å². The van der Waals surface area contributed by atoms with Crippen molar-refractivity contribution in [3.05, 3.63) is 59.8 Å². The highest BCUT2D eigenvalue weighted by Crippen LogP contribution is 2.32. The molecule has 0 saturated heterocycles. The van der Waals surface area contributed by atoms with Gasteiger partial charge in [0.15, 0.2) is 11.3 Å². The number of hydrogen-bond donors (Lipinski definition) is 0. The maximum absolute atomic E-state index is 6.03. The molecule has 0 aliphatic carbocycles. The first kappa shape index (κ1) is 11.4. The van der Waals surface area contributed by atoms with Gasteiger partial charge in [-0.15, -0.1) is 11.3 Å². The number of thiophene rings is 1. The van der Waals surface area contributed by atoms with Crippen molar-refractivity contribution in [2.24, 2.45) is 0 Å².